The lowest BCUT2D eigenvalue weighted by Crippen LogP contribution is -2.51. The molecule has 0 fully saturated rings. The van der Waals surface area contributed by atoms with Crippen LogP contribution in [0.15, 0.2) is 77.7 Å². The molecular formula is C27H29ClFN3O4S. The molecule has 0 radical (unpaired) electrons. The summed E-state index contributed by atoms with van der Waals surface area (Å²) < 4.78 is 42.0. The molecule has 0 aromatic heterocycles. The van der Waals surface area contributed by atoms with Gasteiger partial charge in [0.25, 0.3) is 10.0 Å². The van der Waals surface area contributed by atoms with E-state index in [4.69, 9.17) is 11.6 Å². The number of anilines is 1. The average Bonchev–Trinajstić information content (AvgIpc) is 2.88. The van der Waals surface area contributed by atoms with Gasteiger partial charge in [-0.05, 0) is 73.0 Å². The van der Waals surface area contributed by atoms with Crippen LogP contribution in [0.4, 0.5) is 10.1 Å². The van der Waals surface area contributed by atoms with Crippen LogP contribution in [0.5, 0.6) is 0 Å². The van der Waals surface area contributed by atoms with Crippen LogP contribution in [-0.4, -0.2) is 44.8 Å². The molecule has 3 aromatic rings. The van der Waals surface area contributed by atoms with E-state index in [1.807, 2.05) is 13.0 Å². The van der Waals surface area contributed by atoms with Gasteiger partial charge in [-0.3, -0.25) is 13.9 Å². The summed E-state index contributed by atoms with van der Waals surface area (Å²) in [6.07, 6.45) is 0.293. The quantitative estimate of drug-likeness (QED) is 0.405. The number of sulfonamides is 1. The largest absolute Gasteiger partial charge is 0.357 e. The minimum absolute atomic E-state index is 0.00626. The Balaban J connectivity index is 2.05. The van der Waals surface area contributed by atoms with Crippen LogP contribution >= 0.6 is 11.6 Å². The number of carbonyl (C=O) groups is 2. The Bertz CT molecular complexity index is 1350. The van der Waals surface area contributed by atoms with Crippen molar-refractivity contribution in [2.45, 2.75) is 37.8 Å². The first kappa shape index (κ1) is 28.1. The predicted molar refractivity (Wildman–Crippen MR) is 142 cm³/mol. The smallest absolute Gasteiger partial charge is 0.264 e. The molecule has 7 nitrogen and oxygen atoms in total. The molecule has 0 aliphatic heterocycles. The SMILES string of the molecule is CC[C@H](C(=O)NC)N(Cc1ccc(F)cc1)C(=O)CN(c1cccc(C)c1)S(=O)(=O)c1ccc(Cl)cc1. The van der Waals surface area contributed by atoms with E-state index in [1.54, 1.807) is 25.1 Å². The first-order valence-corrected chi connectivity index (χ1v) is 13.5. The fourth-order valence-corrected chi connectivity index (χ4v) is 5.45. The second-order valence-electron chi connectivity index (χ2n) is 8.49. The van der Waals surface area contributed by atoms with Gasteiger partial charge in [0.15, 0.2) is 0 Å². The molecule has 10 heteroatoms. The number of hydrogen-bond acceptors (Lipinski definition) is 4. The Morgan fingerprint density at radius 3 is 2.24 bits per heavy atom. The molecule has 0 aliphatic rings. The van der Waals surface area contributed by atoms with Gasteiger partial charge in [0.2, 0.25) is 11.8 Å². The summed E-state index contributed by atoms with van der Waals surface area (Å²) in [5.41, 5.74) is 1.71. The highest BCUT2D eigenvalue weighted by Gasteiger charge is 2.33. The van der Waals surface area contributed by atoms with Crippen molar-refractivity contribution in [1.29, 1.82) is 0 Å². The highest BCUT2D eigenvalue weighted by atomic mass is 35.5. The fourth-order valence-electron chi connectivity index (χ4n) is 3.92. The number of nitrogens with one attached hydrogen (secondary N) is 1. The van der Waals surface area contributed by atoms with Gasteiger partial charge in [0.05, 0.1) is 10.6 Å². The lowest BCUT2D eigenvalue weighted by Gasteiger charge is -2.33. The monoisotopic (exact) mass is 545 g/mol. The molecule has 1 atom stereocenters. The number of hydrogen-bond donors (Lipinski definition) is 1. The van der Waals surface area contributed by atoms with E-state index in [9.17, 15) is 22.4 Å². The van der Waals surface area contributed by atoms with Gasteiger partial charge in [-0.15, -0.1) is 0 Å². The molecule has 1 N–H and O–H groups in total. The molecule has 2 amide bonds. The Morgan fingerprint density at radius 1 is 1.03 bits per heavy atom. The van der Waals surface area contributed by atoms with Gasteiger partial charge in [-0.1, -0.05) is 42.8 Å². The number of amides is 2. The Kier molecular flexibility index (Phi) is 9.29. The Morgan fingerprint density at radius 2 is 1.68 bits per heavy atom. The average molecular weight is 546 g/mol. The highest BCUT2D eigenvalue weighted by Crippen LogP contribution is 2.26. The third-order valence-corrected chi connectivity index (χ3v) is 7.91. The van der Waals surface area contributed by atoms with Crippen molar-refractivity contribution in [2.75, 3.05) is 17.9 Å². The predicted octanol–water partition coefficient (Wildman–Crippen LogP) is 4.54. The third-order valence-electron chi connectivity index (χ3n) is 5.87. The molecule has 0 heterocycles. The lowest BCUT2D eigenvalue weighted by molar-refractivity contribution is -0.140. The van der Waals surface area contributed by atoms with Crippen molar-refractivity contribution in [2.24, 2.45) is 0 Å². The van der Waals surface area contributed by atoms with E-state index >= 15 is 0 Å². The molecule has 0 unspecified atom stereocenters. The molecule has 0 saturated heterocycles. The standard InChI is InChI=1S/C27H29ClFN3O4S/c1-4-25(27(34)30-3)31(17-20-8-12-22(29)13-9-20)26(33)18-32(23-7-5-6-19(2)16-23)37(35,36)24-14-10-21(28)11-15-24/h5-16,25H,4,17-18H2,1-3H3,(H,30,34)/t25-/m1/s1. The van der Waals surface area contributed by atoms with Crippen LogP contribution in [0.25, 0.3) is 0 Å². The fraction of sp³-hybridized carbons (Fsp3) is 0.259. The molecular weight excluding hydrogens is 517 g/mol. The van der Waals surface area contributed by atoms with Crippen molar-refractivity contribution >= 4 is 39.1 Å². The van der Waals surface area contributed by atoms with Gasteiger partial charge in [-0.2, -0.15) is 0 Å². The number of nitrogens with zero attached hydrogens (tertiary/aromatic N) is 2. The third kappa shape index (κ3) is 6.87. The van der Waals surface area contributed by atoms with Crippen LogP contribution in [-0.2, 0) is 26.2 Å². The summed E-state index contributed by atoms with van der Waals surface area (Å²) in [6.45, 7) is 3.02. The molecule has 0 saturated carbocycles. The maximum Gasteiger partial charge on any atom is 0.264 e. The number of likely N-dealkylation sites (N-methyl/N-ethyl adjacent to an activating group) is 1. The van der Waals surface area contributed by atoms with Crippen LogP contribution < -0.4 is 9.62 Å². The maximum absolute atomic E-state index is 13.8. The normalized spacial score (nSPS) is 12.0. The molecule has 3 rings (SSSR count). The topological polar surface area (TPSA) is 86.8 Å². The number of aryl methyl sites for hydroxylation is 1. The minimum Gasteiger partial charge on any atom is -0.357 e. The van der Waals surface area contributed by atoms with Crippen LogP contribution in [0, 0.1) is 12.7 Å². The Hall–Kier alpha value is -3.43. The van der Waals surface area contributed by atoms with Crippen LogP contribution in [0.2, 0.25) is 5.02 Å². The van der Waals surface area contributed by atoms with Gasteiger partial charge < -0.3 is 10.2 Å². The molecule has 0 spiro atoms. The van der Waals surface area contributed by atoms with E-state index < -0.39 is 34.3 Å². The van der Waals surface area contributed by atoms with Crippen LogP contribution in [0.3, 0.4) is 0 Å². The molecule has 37 heavy (non-hydrogen) atoms. The summed E-state index contributed by atoms with van der Waals surface area (Å²) >= 11 is 5.96. The number of benzene rings is 3. The summed E-state index contributed by atoms with van der Waals surface area (Å²) in [6, 6.07) is 17.2. The number of rotatable bonds is 10. The minimum atomic E-state index is -4.18. The second-order valence-corrected chi connectivity index (χ2v) is 10.8. The summed E-state index contributed by atoms with van der Waals surface area (Å²) in [5, 5.41) is 2.94. The van der Waals surface area contributed by atoms with Crippen molar-refractivity contribution in [3.8, 4) is 0 Å². The number of carbonyl (C=O) groups excluding carboxylic acids is 2. The molecule has 3 aromatic carbocycles. The zero-order chi connectivity index (χ0) is 27.2. The summed E-state index contributed by atoms with van der Waals surface area (Å²) in [5.74, 6) is -1.40. The number of halogens is 2. The van der Waals surface area contributed by atoms with E-state index in [-0.39, 0.29) is 17.3 Å². The van der Waals surface area contributed by atoms with Crippen LogP contribution in [0.1, 0.15) is 24.5 Å². The zero-order valence-electron chi connectivity index (χ0n) is 20.8. The van der Waals surface area contributed by atoms with Crippen molar-refractivity contribution in [3.05, 3.63) is 94.8 Å². The van der Waals surface area contributed by atoms with Gasteiger partial charge >= 0.3 is 0 Å². The maximum atomic E-state index is 13.8. The molecule has 0 bridgehead atoms. The van der Waals surface area contributed by atoms with Crippen molar-refractivity contribution < 1.29 is 22.4 Å². The lowest BCUT2D eigenvalue weighted by atomic mass is 10.1. The van der Waals surface area contributed by atoms with Gasteiger partial charge in [0, 0.05) is 18.6 Å². The van der Waals surface area contributed by atoms with E-state index in [1.165, 1.54) is 60.5 Å². The first-order valence-electron chi connectivity index (χ1n) is 11.7. The Labute approximate surface area is 221 Å². The summed E-state index contributed by atoms with van der Waals surface area (Å²) in [7, 11) is -2.71. The molecule has 196 valence electrons. The summed E-state index contributed by atoms with van der Waals surface area (Å²) in [4.78, 5) is 27.7. The van der Waals surface area contributed by atoms with Crippen molar-refractivity contribution in [3.63, 3.8) is 0 Å². The van der Waals surface area contributed by atoms with Gasteiger partial charge in [0.1, 0.15) is 18.4 Å². The first-order chi connectivity index (χ1) is 17.6. The molecule has 0 aliphatic carbocycles. The van der Waals surface area contributed by atoms with E-state index in [2.05, 4.69) is 5.32 Å². The van der Waals surface area contributed by atoms with E-state index in [0.29, 0.717) is 22.7 Å². The zero-order valence-corrected chi connectivity index (χ0v) is 22.4. The van der Waals surface area contributed by atoms with Crippen molar-refractivity contribution in [1.82, 2.24) is 10.2 Å². The highest BCUT2D eigenvalue weighted by molar-refractivity contribution is 7.92. The van der Waals surface area contributed by atoms with Gasteiger partial charge in [-0.25, -0.2) is 12.8 Å². The van der Waals surface area contributed by atoms with E-state index in [0.717, 1.165) is 9.87 Å². The second kappa shape index (κ2) is 12.2.